The van der Waals surface area contributed by atoms with Gasteiger partial charge in [0.1, 0.15) is 5.03 Å². The maximum atomic E-state index is 11.4. The van der Waals surface area contributed by atoms with Gasteiger partial charge >= 0.3 is 0 Å². The van der Waals surface area contributed by atoms with Crippen LogP contribution in [0.3, 0.4) is 0 Å². The van der Waals surface area contributed by atoms with Crippen LogP contribution in [0.25, 0.3) is 5.69 Å². The van der Waals surface area contributed by atoms with Crippen LogP contribution in [0.2, 0.25) is 0 Å². The minimum Gasteiger partial charge on any atom is -0.298 e. The third kappa shape index (κ3) is 3.05. The standard InChI is InChI=1S/C17H20N2OS/c1-13-16(11-20)17(21-12-14-7-5-6-8-14)19(18-13)15-9-3-2-4-10-15/h2-4,9-11,14H,5-8,12H2,1H3. The van der Waals surface area contributed by atoms with Crippen molar-refractivity contribution in [2.45, 2.75) is 37.6 Å². The van der Waals surface area contributed by atoms with Gasteiger partial charge in [0, 0.05) is 5.75 Å². The second-order valence-electron chi connectivity index (χ2n) is 5.63. The van der Waals surface area contributed by atoms with Crippen molar-refractivity contribution in [1.29, 1.82) is 0 Å². The minimum absolute atomic E-state index is 0.738. The van der Waals surface area contributed by atoms with Gasteiger partial charge in [0.15, 0.2) is 6.29 Å². The van der Waals surface area contributed by atoms with E-state index in [-0.39, 0.29) is 0 Å². The first-order valence-electron chi connectivity index (χ1n) is 7.52. The molecule has 3 nitrogen and oxygen atoms in total. The fourth-order valence-corrected chi connectivity index (χ4v) is 4.26. The number of rotatable bonds is 5. The molecular weight excluding hydrogens is 280 g/mol. The first-order valence-corrected chi connectivity index (χ1v) is 8.51. The molecule has 3 rings (SSSR count). The van der Waals surface area contributed by atoms with Gasteiger partial charge in [-0.25, -0.2) is 4.68 Å². The number of carbonyl (C=O) groups excluding carboxylic acids is 1. The SMILES string of the molecule is Cc1nn(-c2ccccc2)c(SCC2CCCC2)c1C=O. The Morgan fingerprint density at radius 1 is 1.29 bits per heavy atom. The lowest BCUT2D eigenvalue weighted by Gasteiger charge is -2.11. The van der Waals surface area contributed by atoms with Crippen LogP contribution in [0, 0.1) is 12.8 Å². The molecule has 1 saturated carbocycles. The maximum absolute atomic E-state index is 11.4. The molecule has 2 aromatic rings. The van der Waals surface area contributed by atoms with Gasteiger partial charge in [0.05, 0.1) is 16.9 Å². The van der Waals surface area contributed by atoms with Crippen molar-refractivity contribution in [3.63, 3.8) is 0 Å². The van der Waals surface area contributed by atoms with E-state index < -0.39 is 0 Å². The fourth-order valence-electron chi connectivity index (χ4n) is 2.91. The van der Waals surface area contributed by atoms with Crippen LogP contribution in [-0.2, 0) is 0 Å². The van der Waals surface area contributed by atoms with Crippen LogP contribution in [-0.4, -0.2) is 21.8 Å². The van der Waals surface area contributed by atoms with E-state index in [0.717, 1.165) is 39.9 Å². The van der Waals surface area contributed by atoms with E-state index in [1.807, 2.05) is 41.9 Å². The molecular formula is C17H20N2OS. The minimum atomic E-state index is 0.738. The summed E-state index contributed by atoms with van der Waals surface area (Å²) in [5.74, 6) is 1.87. The van der Waals surface area contributed by atoms with Gasteiger partial charge in [-0.15, -0.1) is 11.8 Å². The maximum Gasteiger partial charge on any atom is 0.154 e. The Morgan fingerprint density at radius 3 is 2.67 bits per heavy atom. The van der Waals surface area contributed by atoms with Gasteiger partial charge in [-0.1, -0.05) is 31.0 Å². The lowest BCUT2D eigenvalue weighted by molar-refractivity contribution is 0.112. The zero-order chi connectivity index (χ0) is 14.7. The Bertz CT molecular complexity index is 615. The second kappa shape index (κ2) is 6.48. The topological polar surface area (TPSA) is 34.9 Å². The Balaban J connectivity index is 1.90. The van der Waals surface area contributed by atoms with Crippen molar-refractivity contribution < 1.29 is 4.79 Å². The normalized spacial score (nSPS) is 15.5. The number of carbonyl (C=O) groups is 1. The molecule has 0 atom stereocenters. The van der Waals surface area contributed by atoms with Gasteiger partial charge in [-0.3, -0.25) is 4.79 Å². The van der Waals surface area contributed by atoms with E-state index >= 15 is 0 Å². The molecule has 0 spiro atoms. The first kappa shape index (κ1) is 14.4. The highest BCUT2D eigenvalue weighted by molar-refractivity contribution is 7.99. The van der Waals surface area contributed by atoms with E-state index in [0.29, 0.717) is 0 Å². The summed E-state index contributed by atoms with van der Waals surface area (Å²) in [7, 11) is 0. The van der Waals surface area contributed by atoms with Gasteiger partial charge in [0.2, 0.25) is 0 Å². The smallest absolute Gasteiger partial charge is 0.154 e. The van der Waals surface area contributed by atoms with Crippen molar-refractivity contribution in [2.24, 2.45) is 5.92 Å². The predicted octanol–water partition coefficient (Wildman–Crippen LogP) is 4.28. The van der Waals surface area contributed by atoms with E-state index in [4.69, 9.17) is 0 Å². The Hall–Kier alpha value is -1.55. The quantitative estimate of drug-likeness (QED) is 0.611. The molecule has 1 fully saturated rings. The number of aromatic nitrogens is 2. The molecule has 1 aromatic heterocycles. The lowest BCUT2D eigenvalue weighted by atomic mass is 10.1. The third-order valence-electron chi connectivity index (χ3n) is 4.11. The van der Waals surface area contributed by atoms with E-state index in [1.54, 1.807) is 11.8 Å². The Labute approximate surface area is 129 Å². The summed E-state index contributed by atoms with van der Waals surface area (Å²) < 4.78 is 1.92. The van der Waals surface area contributed by atoms with Crippen molar-refractivity contribution in [3.05, 3.63) is 41.6 Å². The van der Waals surface area contributed by atoms with Crippen molar-refractivity contribution in [2.75, 3.05) is 5.75 Å². The molecule has 4 heteroatoms. The number of hydrogen-bond donors (Lipinski definition) is 0. The molecule has 1 heterocycles. The second-order valence-corrected chi connectivity index (χ2v) is 6.64. The molecule has 1 aromatic carbocycles. The molecule has 1 aliphatic rings. The zero-order valence-corrected chi connectivity index (χ0v) is 13.1. The average molecular weight is 300 g/mol. The van der Waals surface area contributed by atoms with Crippen LogP contribution < -0.4 is 0 Å². The van der Waals surface area contributed by atoms with Crippen LogP contribution in [0.4, 0.5) is 0 Å². The first-order chi connectivity index (χ1) is 10.3. The van der Waals surface area contributed by atoms with Crippen LogP contribution in [0.1, 0.15) is 41.7 Å². The third-order valence-corrected chi connectivity index (χ3v) is 5.42. The number of aryl methyl sites for hydroxylation is 1. The van der Waals surface area contributed by atoms with Crippen LogP contribution in [0.5, 0.6) is 0 Å². The monoisotopic (exact) mass is 300 g/mol. The highest BCUT2D eigenvalue weighted by Crippen LogP contribution is 2.33. The highest BCUT2D eigenvalue weighted by atomic mass is 32.2. The number of hydrogen-bond acceptors (Lipinski definition) is 3. The largest absolute Gasteiger partial charge is 0.298 e. The van der Waals surface area contributed by atoms with E-state index in [1.165, 1.54) is 25.7 Å². The number of thioether (sulfide) groups is 1. The van der Waals surface area contributed by atoms with Crippen LogP contribution in [0.15, 0.2) is 35.4 Å². The Morgan fingerprint density at radius 2 is 2.00 bits per heavy atom. The molecule has 1 aliphatic carbocycles. The molecule has 110 valence electrons. The van der Waals surface area contributed by atoms with E-state index in [2.05, 4.69) is 5.10 Å². The Kier molecular flexibility index (Phi) is 4.44. The summed E-state index contributed by atoms with van der Waals surface area (Å²) in [5, 5.41) is 5.55. The number of aldehydes is 1. The summed E-state index contributed by atoms with van der Waals surface area (Å²) in [4.78, 5) is 11.4. The summed E-state index contributed by atoms with van der Waals surface area (Å²) in [6.45, 7) is 1.91. The molecule has 0 radical (unpaired) electrons. The summed E-state index contributed by atoms with van der Waals surface area (Å²) >= 11 is 1.78. The number of nitrogens with zero attached hydrogens (tertiary/aromatic N) is 2. The molecule has 0 bridgehead atoms. The van der Waals surface area contributed by atoms with Gasteiger partial charge < -0.3 is 0 Å². The summed E-state index contributed by atoms with van der Waals surface area (Å²) in [6, 6.07) is 10.0. The average Bonchev–Trinajstić information content (AvgIpc) is 3.13. The highest BCUT2D eigenvalue weighted by Gasteiger charge is 2.20. The molecule has 0 amide bonds. The van der Waals surface area contributed by atoms with Gasteiger partial charge in [-0.2, -0.15) is 5.10 Å². The van der Waals surface area contributed by atoms with Crippen molar-refractivity contribution in [1.82, 2.24) is 9.78 Å². The van der Waals surface area contributed by atoms with Gasteiger partial charge in [0.25, 0.3) is 0 Å². The fraction of sp³-hybridized carbons (Fsp3) is 0.412. The zero-order valence-electron chi connectivity index (χ0n) is 12.3. The summed E-state index contributed by atoms with van der Waals surface area (Å²) in [5.41, 5.74) is 2.56. The number of para-hydroxylation sites is 1. The molecule has 21 heavy (non-hydrogen) atoms. The molecule has 0 aliphatic heterocycles. The van der Waals surface area contributed by atoms with Crippen molar-refractivity contribution >= 4 is 18.0 Å². The van der Waals surface area contributed by atoms with E-state index in [9.17, 15) is 4.79 Å². The molecule has 0 unspecified atom stereocenters. The summed E-state index contributed by atoms with van der Waals surface area (Å²) in [6.07, 6.45) is 6.29. The predicted molar refractivity (Wildman–Crippen MR) is 86.4 cm³/mol. The number of benzene rings is 1. The van der Waals surface area contributed by atoms with Gasteiger partial charge in [-0.05, 0) is 37.8 Å². The van der Waals surface area contributed by atoms with Crippen LogP contribution >= 0.6 is 11.8 Å². The van der Waals surface area contributed by atoms with Crippen molar-refractivity contribution in [3.8, 4) is 5.69 Å². The molecule has 0 saturated heterocycles. The molecule has 0 N–H and O–H groups in total. The lowest BCUT2D eigenvalue weighted by Crippen LogP contribution is -2.02.